The third-order valence-corrected chi connectivity index (χ3v) is 8.46. The molecule has 1 N–H and O–H groups in total. The van der Waals surface area contributed by atoms with Gasteiger partial charge in [-0.15, -0.1) is 12.4 Å². The molecule has 148 valence electrons. The van der Waals surface area contributed by atoms with Gasteiger partial charge in [0.2, 0.25) is 10.0 Å². The van der Waals surface area contributed by atoms with Crippen LogP contribution in [-0.4, -0.2) is 62.9 Å². The van der Waals surface area contributed by atoms with Gasteiger partial charge >= 0.3 is 0 Å². The molecule has 5 nitrogen and oxygen atoms in total. The molecule has 2 fully saturated rings. The lowest BCUT2D eigenvalue weighted by Gasteiger charge is -2.32. The maximum absolute atomic E-state index is 13.4. The Balaban J connectivity index is 0.00000243. The first kappa shape index (κ1) is 21.6. The standard InChI is InChI=1S/C19H31N3O2S.ClH/c1-13-14(2)16(4)19(17(5)15(13)3)25(23,24)22-9-6-18(12-22)21-10-7-20-8-11-21;/h18,20H,6-12H2,1-5H3;1H. The van der Waals surface area contributed by atoms with Crippen molar-refractivity contribution in [3.63, 3.8) is 0 Å². The molecule has 0 bridgehead atoms. The zero-order valence-corrected chi connectivity index (χ0v) is 18.2. The van der Waals surface area contributed by atoms with Crippen molar-refractivity contribution in [2.24, 2.45) is 0 Å². The Morgan fingerprint density at radius 3 is 1.88 bits per heavy atom. The van der Waals surface area contributed by atoms with Crippen LogP contribution < -0.4 is 5.32 Å². The number of rotatable bonds is 3. The average Bonchev–Trinajstić information content (AvgIpc) is 3.10. The van der Waals surface area contributed by atoms with Gasteiger partial charge in [0.15, 0.2) is 0 Å². The summed E-state index contributed by atoms with van der Waals surface area (Å²) < 4.78 is 28.5. The Bertz CT molecular complexity index is 744. The molecule has 0 saturated carbocycles. The number of hydrogen-bond donors (Lipinski definition) is 1. The van der Waals surface area contributed by atoms with E-state index in [-0.39, 0.29) is 12.4 Å². The summed E-state index contributed by atoms with van der Waals surface area (Å²) in [5, 5.41) is 3.36. The second-order valence-electron chi connectivity index (χ2n) is 7.55. The molecule has 1 unspecified atom stereocenters. The fraction of sp³-hybridized carbons (Fsp3) is 0.684. The van der Waals surface area contributed by atoms with E-state index in [2.05, 4.69) is 17.1 Å². The molecule has 0 aliphatic carbocycles. The minimum Gasteiger partial charge on any atom is -0.314 e. The third-order valence-electron chi connectivity index (χ3n) is 6.32. The fourth-order valence-corrected chi connectivity index (χ4v) is 6.31. The lowest BCUT2D eigenvalue weighted by atomic mass is 9.95. The quantitative estimate of drug-likeness (QED) is 0.844. The lowest BCUT2D eigenvalue weighted by molar-refractivity contribution is 0.179. The van der Waals surface area contributed by atoms with E-state index in [1.807, 2.05) is 27.7 Å². The molecular weight excluding hydrogens is 370 g/mol. The number of piperazine rings is 1. The Morgan fingerprint density at radius 2 is 1.35 bits per heavy atom. The second kappa shape index (κ2) is 8.15. The van der Waals surface area contributed by atoms with Gasteiger partial charge in [0.25, 0.3) is 0 Å². The molecule has 2 heterocycles. The predicted octanol–water partition coefficient (Wildman–Crippen LogP) is 2.32. The third kappa shape index (κ3) is 3.67. The van der Waals surface area contributed by atoms with E-state index in [0.29, 0.717) is 24.0 Å². The van der Waals surface area contributed by atoms with E-state index >= 15 is 0 Å². The molecule has 26 heavy (non-hydrogen) atoms. The second-order valence-corrected chi connectivity index (χ2v) is 9.42. The maximum atomic E-state index is 13.4. The van der Waals surface area contributed by atoms with Gasteiger partial charge in [0.1, 0.15) is 0 Å². The maximum Gasteiger partial charge on any atom is 0.243 e. The minimum absolute atomic E-state index is 0. The van der Waals surface area contributed by atoms with Gasteiger partial charge in [-0.3, -0.25) is 4.90 Å². The van der Waals surface area contributed by atoms with Crippen LogP contribution in [0.2, 0.25) is 0 Å². The largest absolute Gasteiger partial charge is 0.314 e. The number of nitrogens with zero attached hydrogens (tertiary/aromatic N) is 2. The Kier molecular flexibility index (Phi) is 6.78. The summed E-state index contributed by atoms with van der Waals surface area (Å²) in [7, 11) is -3.44. The highest BCUT2D eigenvalue weighted by Crippen LogP contribution is 2.33. The smallest absolute Gasteiger partial charge is 0.243 e. The van der Waals surface area contributed by atoms with Crippen LogP contribution in [0.15, 0.2) is 4.90 Å². The summed E-state index contributed by atoms with van der Waals surface area (Å²) in [4.78, 5) is 2.98. The van der Waals surface area contributed by atoms with Crippen LogP contribution in [0.5, 0.6) is 0 Å². The molecule has 0 amide bonds. The monoisotopic (exact) mass is 401 g/mol. The van der Waals surface area contributed by atoms with E-state index < -0.39 is 10.0 Å². The van der Waals surface area contributed by atoms with Crippen molar-refractivity contribution in [2.75, 3.05) is 39.3 Å². The summed E-state index contributed by atoms with van der Waals surface area (Å²) in [6.45, 7) is 15.3. The van der Waals surface area contributed by atoms with Gasteiger partial charge in [-0.2, -0.15) is 4.31 Å². The van der Waals surface area contributed by atoms with Gasteiger partial charge in [-0.1, -0.05) is 0 Å². The van der Waals surface area contributed by atoms with E-state index in [4.69, 9.17) is 0 Å². The van der Waals surface area contributed by atoms with Crippen LogP contribution in [-0.2, 0) is 10.0 Å². The first-order valence-electron chi connectivity index (χ1n) is 9.27. The van der Waals surface area contributed by atoms with Crippen molar-refractivity contribution in [3.8, 4) is 0 Å². The van der Waals surface area contributed by atoms with Gasteiger partial charge in [0.05, 0.1) is 4.90 Å². The van der Waals surface area contributed by atoms with Crippen molar-refractivity contribution < 1.29 is 8.42 Å². The van der Waals surface area contributed by atoms with Gasteiger partial charge < -0.3 is 5.32 Å². The van der Waals surface area contributed by atoms with E-state index in [0.717, 1.165) is 54.9 Å². The molecule has 2 saturated heterocycles. The SMILES string of the molecule is Cc1c(C)c(C)c(S(=O)(=O)N2CCC(N3CCNCC3)C2)c(C)c1C.Cl. The first-order chi connectivity index (χ1) is 11.7. The summed E-state index contributed by atoms with van der Waals surface area (Å²) in [5.41, 5.74) is 5.21. The zero-order chi connectivity index (χ0) is 18.4. The molecule has 3 rings (SSSR count). The number of nitrogens with one attached hydrogen (secondary N) is 1. The lowest BCUT2D eigenvalue weighted by Crippen LogP contribution is -2.49. The molecule has 0 radical (unpaired) electrons. The zero-order valence-electron chi connectivity index (χ0n) is 16.6. The molecule has 0 spiro atoms. The number of halogens is 1. The molecule has 0 aromatic heterocycles. The molecule has 1 aromatic carbocycles. The van der Waals surface area contributed by atoms with Crippen molar-refractivity contribution in [1.29, 1.82) is 0 Å². The van der Waals surface area contributed by atoms with Crippen LogP contribution in [0.4, 0.5) is 0 Å². The predicted molar refractivity (Wildman–Crippen MR) is 109 cm³/mol. The summed E-state index contributed by atoms with van der Waals surface area (Å²) >= 11 is 0. The molecular formula is C19H32ClN3O2S. The number of hydrogen-bond acceptors (Lipinski definition) is 4. The topological polar surface area (TPSA) is 52.7 Å². The molecule has 2 aliphatic heterocycles. The number of benzene rings is 1. The fourth-order valence-electron chi connectivity index (χ4n) is 4.26. The highest BCUT2D eigenvalue weighted by atomic mass is 35.5. The van der Waals surface area contributed by atoms with Crippen molar-refractivity contribution in [3.05, 3.63) is 27.8 Å². The van der Waals surface area contributed by atoms with Crippen LogP contribution in [0, 0.1) is 34.6 Å². The van der Waals surface area contributed by atoms with Crippen molar-refractivity contribution >= 4 is 22.4 Å². The normalized spacial score (nSPS) is 22.4. The minimum atomic E-state index is -3.44. The van der Waals surface area contributed by atoms with Crippen LogP contribution >= 0.6 is 12.4 Å². The molecule has 1 aromatic rings. The Hall–Kier alpha value is -0.660. The highest BCUT2D eigenvalue weighted by molar-refractivity contribution is 7.89. The van der Waals surface area contributed by atoms with E-state index in [1.54, 1.807) is 4.31 Å². The average molecular weight is 402 g/mol. The molecule has 1 atom stereocenters. The summed E-state index contributed by atoms with van der Waals surface area (Å²) in [5.74, 6) is 0. The van der Waals surface area contributed by atoms with Crippen molar-refractivity contribution in [2.45, 2.75) is 52.0 Å². The van der Waals surface area contributed by atoms with Crippen LogP contribution in [0.3, 0.4) is 0 Å². The van der Waals surface area contributed by atoms with Crippen LogP contribution in [0.25, 0.3) is 0 Å². The molecule has 2 aliphatic rings. The molecule has 7 heteroatoms. The van der Waals surface area contributed by atoms with Crippen molar-refractivity contribution in [1.82, 2.24) is 14.5 Å². The first-order valence-corrected chi connectivity index (χ1v) is 10.7. The van der Waals surface area contributed by atoms with Gasteiger partial charge in [-0.05, 0) is 68.9 Å². The summed E-state index contributed by atoms with van der Waals surface area (Å²) in [6, 6.07) is 0.352. The van der Waals surface area contributed by atoms with E-state index in [9.17, 15) is 8.42 Å². The number of sulfonamides is 1. The van der Waals surface area contributed by atoms with Gasteiger partial charge in [-0.25, -0.2) is 8.42 Å². The van der Waals surface area contributed by atoms with Crippen LogP contribution in [0.1, 0.15) is 34.2 Å². The van der Waals surface area contributed by atoms with Gasteiger partial charge in [0, 0.05) is 45.3 Å². The Morgan fingerprint density at radius 1 is 0.846 bits per heavy atom. The summed E-state index contributed by atoms with van der Waals surface area (Å²) in [6.07, 6.45) is 0.932. The highest BCUT2D eigenvalue weighted by Gasteiger charge is 2.37. The van der Waals surface area contributed by atoms with E-state index in [1.165, 1.54) is 5.56 Å². The Labute approximate surface area is 164 Å².